The van der Waals surface area contributed by atoms with Crippen LogP contribution in [0.15, 0.2) is 85.1 Å². The number of Topliss-reactive ketones (excluding diaryl/α,β-unsaturated/α-hetero) is 1. The Kier molecular flexibility index (Phi) is 4.28. The Morgan fingerprint density at radius 2 is 1.82 bits per heavy atom. The summed E-state index contributed by atoms with van der Waals surface area (Å²) >= 11 is 0. The number of aromatic nitrogens is 2. The van der Waals surface area contributed by atoms with Crippen LogP contribution < -0.4 is 0 Å². The zero-order valence-electron chi connectivity index (χ0n) is 17.5. The number of nitrogens with zero attached hydrogens (tertiary/aromatic N) is 3. The fourth-order valence-corrected chi connectivity index (χ4v) is 4.76. The first-order valence-corrected chi connectivity index (χ1v) is 10.8. The van der Waals surface area contributed by atoms with Crippen molar-refractivity contribution in [2.45, 2.75) is 24.5 Å². The van der Waals surface area contributed by atoms with Crippen molar-refractivity contribution in [1.29, 1.82) is 0 Å². The molecule has 1 saturated heterocycles. The molecule has 2 aliphatic rings. The predicted octanol–water partition coefficient (Wildman–Crippen LogP) is 5.09. The summed E-state index contributed by atoms with van der Waals surface area (Å²) in [5, 5.41) is 16.1. The van der Waals surface area contributed by atoms with Gasteiger partial charge in [-0.05, 0) is 30.5 Å². The quantitative estimate of drug-likeness (QED) is 0.252. The maximum Gasteiger partial charge on any atom is 0.270 e. The van der Waals surface area contributed by atoms with Crippen LogP contribution >= 0.6 is 0 Å². The molecule has 1 fully saturated rings. The molecule has 0 saturated carbocycles. The topological polar surface area (TPSA) is 90.6 Å². The largest absolute Gasteiger partial charge is 0.352 e. The summed E-state index contributed by atoms with van der Waals surface area (Å²) in [5.41, 5.74) is 3.63. The van der Waals surface area contributed by atoms with Crippen molar-refractivity contribution in [2.75, 3.05) is 0 Å². The Balaban J connectivity index is 1.46. The zero-order chi connectivity index (χ0) is 22.6. The number of para-hydroxylation sites is 1. The number of ether oxygens (including phenoxy) is 1. The second-order valence-corrected chi connectivity index (χ2v) is 8.39. The first-order valence-electron chi connectivity index (χ1n) is 10.8. The molecule has 0 amide bonds. The fraction of sp³-hybridized carbons (Fsp3) is 0.154. The van der Waals surface area contributed by atoms with Gasteiger partial charge >= 0.3 is 0 Å². The number of non-ortho nitro benzene ring substituents is 1. The molecule has 3 aromatic carbocycles. The summed E-state index contributed by atoms with van der Waals surface area (Å²) in [6.07, 6.45) is 2.78. The molecule has 6 rings (SSSR count). The number of aryl methyl sites for hydroxylation is 1. The van der Waals surface area contributed by atoms with Gasteiger partial charge in [0.05, 0.1) is 16.3 Å². The molecule has 1 aliphatic heterocycles. The standard InChI is InChI=1S/C26H19N3O4/c30-24-21-12-5-4-7-17(21)13-14-26(24)25(33-26)22-16-28(19-9-2-1-3-10-19)27-23(22)18-8-6-11-20(15-18)29(31)32/h1-12,15-16,25H,13-14H2. The van der Waals surface area contributed by atoms with Crippen molar-refractivity contribution in [3.63, 3.8) is 0 Å². The molecule has 4 aromatic rings. The van der Waals surface area contributed by atoms with Crippen LogP contribution in [0.4, 0.5) is 5.69 Å². The number of carbonyl (C=O) groups is 1. The third-order valence-electron chi connectivity index (χ3n) is 6.48. The van der Waals surface area contributed by atoms with E-state index < -0.39 is 16.6 Å². The molecule has 7 nitrogen and oxygen atoms in total. The number of rotatable bonds is 4. The van der Waals surface area contributed by atoms with Gasteiger partial charge in [0.1, 0.15) is 6.10 Å². The molecule has 33 heavy (non-hydrogen) atoms. The maximum absolute atomic E-state index is 13.4. The summed E-state index contributed by atoms with van der Waals surface area (Å²) in [6.45, 7) is 0. The van der Waals surface area contributed by atoms with E-state index in [1.54, 1.807) is 16.8 Å². The number of benzene rings is 3. The highest BCUT2D eigenvalue weighted by Crippen LogP contribution is 2.57. The summed E-state index contributed by atoms with van der Waals surface area (Å²) in [5.74, 6) is -0.00759. The lowest BCUT2D eigenvalue weighted by atomic mass is 9.79. The number of epoxide rings is 1. The Bertz CT molecular complexity index is 1410. The van der Waals surface area contributed by atoms with E-state index in [-0.39, 0.29) is 11.5 Å². The average molecular weight is 437 g/mol. The van der Waals surface area contributed by atoms with Crippen molar-refractivity contribution >= 4 is 11.5 Å². The van der Waals surface area contributed by atoms with Gasteiger partial charge in [-0.25, -0.2) is 4.68 Å². The van der Waals surface area contributed by atoms with Gasteiger partial charge in [0.2, 0.25) is 0 Å². The van der Waals surface area contributed by atoms with Crippen molar-refractivity contribution in [2.24, 2.45) is 0 Å². The normalized spacial score (nSPS) is 21.1. The fourth-order valence-electron chi connectivity index (χ4n) is 4.76. The number of hydrogen-bond donors (Lipinski definition) is 0. The molecule has 2 heterocycles. The molecular weight excluding hydrogens is 418 g/mol. The first-order chi connectivity index (χ1) is 16.1. The molecule has 1 aromatic heterocycles. The zero-order valence-corrected chi connectivity index (χ0v) is 17.5. The van der Waals surface area contributed by atoms with E-state index in [0.717, 1.165) is 23.2 Å². The summed E-state index contributed by atoms with van der Waals surface area (Å²) < 4.78 is 7.89. The van der Waals surface area contributed by atoms with Gasteiger partial charge in [-0.15, -0.1) is 0 Å². The van der Waals surface area contributed by atoms with Crippen molar-refractivity contribution < 1.29 is 14.5 Å². The Morgan fingerprint density at radius 1 is 1.03 bits per heavy atom. The lowest BCUT2D eigenvalue weighted by Gasteiger charge is -2.20. The molecule has 1 spiro atoms. The van der Waals surface area contributed by atoms with E-state index >= 15 is 0 Å². The van der Waals surface area contributed by atoms with Crippen molar-refractivity contribution in [3.8, 4) is 16.9 Å². The Labute approximate surface area is 189 Å². The monoisotopic (exact) mass is 437 g/mol. The number of carbonyl (C=O) groups excluding carboxylic acids is 1. The highest BCUT2D eigenvalue weighted by molar-refractivity contribution is 6.07. The molecule has 0 N–H and O–H groups in total. The highest BCUT2D eigenvalue weighted by Gasteiger charge is 2.65. The third-order valence-corrected chi connectivity index (χ3v) is 6.48. The minimum absolute atomic E-state index is 0.00759. The minimum Gasteiger partial charge on any atom is -0.352 e. The van der Waals surface area contributed by atoms with Gasteiger partial charge in [-0.1, -0.05) is 54.6 Å². The molecular formula is C26H19N3O4. The van der Waals surface area contributed by atoms with Crippen LogP contribution in [0, 0.1) is 10.1 Å². The van der Waals surface area contributed by atoms with E-state index in [4.69, 9.17) is 9.84 Å². The molecule has 1 aliphatic carbocycles. The smallest absolute Gasteiger partial charge is 0.270 e. The maximum atomic E-state index is 13.4. The van der Waals surface area contributed by atoms with Crippen LogP contribution in [0.5, 0.6) is 0 Å². The Morgan fingerprint density at radius 3 is 2.64 bits per heavy atom. The van der Waals surface area contributed by atoms with Gasteiger partial charge in [-0.2, -0.15) is 5.10 Å². The van der Waals surface area contributed by atoms with E-state index in [1.165, 1.54) is 12.1 Å². The second kappa shape index (κ2) is 7.21. The van der Waals surface area contributed by atoms with Crippen molar-refractivity contribution in [3.05, 3.63) is 112 Å². The van der Waals surface area contributed by atoms with Crippen LogP contribution in [-0.4, -0.2) is 26.1 Å². The second-order valence-electron chi connectivity index (χ2n) is 8.39. The number of hydrogen-bond acceptors (Lipinski definition) is 5. The molecule has 0 bridgehead atoms. The molecule has 2 atom stereocenters. The summed E-state index contributed by atoms with van der Waals surface area (Å²) in [6, 6.07) is 23.7. The van der Waals surface area contributed by atoms with Crippen LogP contribution in [-0.2, 0) is 11.2 Å². The average Bonchev–Trinajstić information content (AvgIpc) is 3.40. The first kappa shape index (κ1) is 19.6. The van der Waals surface area contributed by atoms with E-state index in [0.29, 0.717) is 23.2 Å². The molecule has 0 radical (unpaired) electrons. The number of nitro benzene ring substituents is 1. The Hall–Kier alpha value is -4.10. The summed E-state index contributed by atoms with van der Waals surface area (Å²) in [7, 11) is 0. The number of fused-ring (bicyclic) bond motifs is 1. The van der Waals surface area contributed by atoms with Crippen LogP contribution in [0.1, 0.15) is 34.0 Å². The van der Waals surface area contributed by atoms with Crippen LogP contribution in [0.3, 0.4) is 0 Å². The highest BCUT2D eigenvalue weighted by atomic mass is 16.6. The predicted molar refractivity (Wildman–Crippen MR) is 121 cm³/mol. The van der Waals surface area contributed by atoms with Crippen LogP contribution in [0.2, 0.25) is 0 Å². The van der Waals surface area contributed by atoms with E-state index in [9.17, 15) is 14.9 Å². The van der Waals surface area contributed by atoms with E-state index in [1.807, 2.05) is 60.8 Å². The van der Waals surface area contributed by atoms with Gasteiger partial charge in [0.25, 0.3) is 5.69 Å². The SMILES string of the molecule is O=C1c2ccccc2CCC12OC2c1cn(-c2ccccc2)nc1-c1cccc([N+](=O)[O-])c1. The van der Waals surface area contributed by atoms with Crippen LogP contribution in [0.25, 0.3) is 16.9 Å². The van der Waals surface area contributed by atoms with E-state index in [2.05, 4.69) is 0 Å². The molecule has 162 valence electrons. The van der Waals surface area contributed by atoms with Gasteiger partial charge in [0.15, 0.2) is 11.4 Å². The molecule has 7 heteroatoms. The third kappa shape index (κ3) is 3.08. The lowest BCUT2D eigenvalue weighted by molar-refractivity contribution is -0.384. The van der Waals surface area contributed by atoms with Gasteiger partial charge in [-0.3, -0.25) is 14.9 Å². The molecule has 2 unspecified atom stereocenters. The lowest BCUT2D eigenvalue weighted by Crippen LogP contribution is -2.31. The van der Waals surface area contributed by atoms with Crippen molar-refractivity contribution in [1.82, 2.24) is 9.78 Å². The number of ketones is 1. The van der Waals surface area contributed by atoms with Gasteiger partial charge < -0.3 is 4.74 Å². The minimum atomic E-state index is -0.908. The van der Waals surface area contributed by atoms with Gasteiger partial charge in [0, 0.05) is 35.0 Å². The number of nitro groups is 1. The summed E-state index contributed by atoms with van der Waals surface area (Å²) in [4.78, 5) is 24.3.